The molecule has 0 unspecified atom stereocenters. The molecule has 33 heavy (non-hydrogen) atoms. The van der Waals surface area contributed by atoms with Crippen molar-refractivity contribution in [3.63, 3.8) is 0 Å². The molecular weight excluding hydrogens is 410 g/mol. The Morgan fingerprint density at radius 2 is 1.55 bits per heavy atom. The van der Waals surface area contributed by atoms with Crippen molar-refractivity contribution < 1.29 is 0 Å². The van der Waals surface area contributed by atoms with E-state index in [2.05, 4.69) is 89.0 Å². The molecule has 0 spiro atoms. The maximum absolute atomic E-state index is 5.00. The fraction of sp³-hybridized carbons (Fsp3) is 0.346. The molecule has 7 heteroatoms. The number of hydrogen-bond donors (Lipinski definition) is 1. The zero-order valence-electron chi connectivity index (χ0n) is 19.9. The van der Waals surface area contributed by atoms with Crippen LogP contribution in [0.1, 0.15) is 31.0 Å². The Hall–Kier alpha value is -3.45. The lowest BCUT2D eigenvalue weighted by Crippen LogP contribution is -2.32. The number of benzene rings is 2. The summed E-state index contributed by atoms with van der Waals surface area (Å²) in [6.07, 6.45) is 1.86. The third-order valence-corrected chi connectivity index (χ3v) is 5.58. The van der Waals surface area contributed by atoms with Gasteiger partial charge in [0.05, 0.1) is 6.33 Å². The van der Waals surface area contributed by atoms with E-state index in [4.69, 9.17) is 9.97 Å². The molecule has 4 rings (SSSR count). The predicted octanol–water partition coefficient (Wildman–Crippen LogP) is 4.59. The van der Waals surface area contributed by atoms with E-state index < -0.39 is 0 Å². The SMILES string of the molecule is CC(C)n1cnc2c(NCc3ccccc3)nc(N(CCN(C)C)Cc3ccccc3)nc21. The Labute approximate surface area is 196 Å². The average molecular weight is 444 g/mol. The first-order chi connectivity index (χ1) is 16.0. The first-order valence-electron chi connectivity index (χ1n) is 11.5. The summed E-state index contributed by atoms with van der Waals surface area (Å²) in [5.41, 5.74) is 4.09. The minimum absolute atomic E-state index is 0.254. The summed E-state index contributed by atoms with van der Waals surface area (Å²) in [4.78, 5) is 19.1. The fourth-order valence-electron chi connectivity index (χ4n) is 3.70. The molecule has 0 fully saturated rings. The van der Waals surface area contributed by atoms with Gasteiger partial charge in [-0.15, -0.1) is 0 Å². The third-order valence-electron chi connectivity index (χ3n) is 5.58. The zero-order chi connectivity index (χ0) is 23.2. The molecule has 0 aliphatic rings. The number of rotatable bonds is 10. The van der Waals surface area contributed by atoms with Crippen molar-refractivity contribution in [1.29, 1.82) is 0 Å². The van der Waals surface area contributed by atoms with E-state index in [-0.39, 0.29) is 6.04 Å². The molecule has 0 bridgehead atoms. The second-order valence-electron chi connectivity index (χ2n) is 8.84. The van der Waals surface area contributed by atoms with Gasteiger partial charge in [-0.2, -0.15) is 9.97 Å². The molecule has 0 saturated carbocycles. The van der Waals surface area contributed by atoms with Crippen LogP contribution in [0.5, 0.6) is 0 Å². The van der Waals surface area contributed by atoms with Crippen LogP contribution < -0.4 is 10.2 Å². The van der Waals surface area contributed by atoms with Crippen LogP contribution in [0, 0.1) is 0 Å². The molecule has 2 heterocycles. The molecule has 0 atom stereocenters. The molecule has 2 aromatic heterocycles. The Morgan fingerprint density at radius 1 is 0.879 bits per heavy atom. The minimum atomic E-state index is 0.254. The maximum Gasteiger partial charge on any atom is 0.229 e. The van der Waals surface area contributed by atoms with Crippen LogP contribution in [0.4, 0.5) is 11.8 Å². The normalized spacial score (nSPS) is 11.5. The van der Waals surface area contributed by atoms with Crippen molar-refractivity contribution in [3.8, 4) is 0 Å². The Bertz CT molecular complexity index is 1150. The van der Waals surface area contributed by atoms with Gasteiger partial charge in [0, 0.05) is 32.2 Å². The number of nitrogens with zero attached hydrogens (tertiary/aromatic N) is 6. The molecule has 0 aliphatic heterocycles. The minimum Gasteiger partial charge on any atom is -0.364 e. The van der Waals surface area contributed by atoms with Crippen molar-refractivity contribution >= 4 is 22.9 Å². The van der Waals surface area contributed by atoms with E-state index in [1.165, 1.54) is 11.1 Å². The van der Waals surface area contributed by atoms with E-state index in [1.54, 1.807) is 0 Å². The van der Waals surface area contributed by atoms with E-state index in [0.717, 1.165) is 36.6 Å². The van der Waals surface area contributed by atoms with Gasteiger partial charge in [-0.25, -0.2) is 4.98 Å². The number of likely N-dealkylation sites (N-methyl/N-ethyl adjacent to an activating group) is 1. The number of fused-ring (bicyclic) bond motifs is 1. The summed E-state index contributed by atoms with van der Waals surface area (Å²) < 4.78 is 2.11. The van der Waals surface area contributed by atoms with Crippen LogP contribution in [0.25, 0.3) is 11.2 Å². The molecule has 172 valence electrons. The van der Waals surface area contributed by atoms with E-state index >= 15 is 0 Å². The van der Waals surface area contributed by atoms with E-state index in [1.807, 2.05) is 30.6 Å². The maximum atomic E-state index is 5.00. The van der Waals surface area contributed by atoms with Crippen molar-refractivity contribution in [3.05, 3.63) is 78.1 Å². The van der Waals surface area contributed by atoms with Crippen LogP contribution in [0.2, 0.25) is 0 Å². The zero-order valence-corrected chi connectivity index (χ0v) is 19.9. The van der Waals surface area contributed by atoms with Gasteiger partial charge in [-0.1, -0.05) is 60.7 Å². The summed E-state index contributed by atoms with van der Waals surface area (Å²) in [6.45, 7) is 7.44. The van der Waals surface area contributed by atoms with Gasteiger partial charge >= 0.3 is 0 Å². The van der Waals surface area contributed by atoms with E-state index in [9.17, 15) is 0 Å². The van der Waals surface area contributed by atoms with Crippen LogP contribution in [-0.2, 0) is 13.1 Å². The van der Waals surface area contributed by atoms with Crippen molar-refractivity contribution in [2.24, 2.45) is 0 Å². The molecule has 0 saturated heterocycles. The van der Waals surface area contributed by atoms with Gasteiger partial charge < -0.3 is 19.7 Å². The monoisotopic (exact) mass is 443 g/mol. The van der Waals surface area contributed by atoms with Crippen molar-refractivity contribution in [2.75, 3.05) is 37.4 Å². The summed E-state index contributed by atoms with van der Waals surface area (Å²) in [7, 11) is 4.18. The average Bonchev–Trinajstić information content (AvgIpc) is 3.26. The lowest BCUT2D eigenvalue weighted by atomic mass is 10.2. The van der Waals surface area contributed by atoms with Crippen LogP contribution in [-0.4, -0.2) is 51.6 Å². The number of anilines is 2. The quantitative estimate of drug-likeness (QED) is 0.387. The predicted molar refractivity (Wildman–Crippen MR) is 136 cm³/mol. The van der Waals surface area contributed by atoms with E-state index in [0.29, 0.717) is 12.5 Å². The summed E-state index contributed by atoms with van der Waals surface area (Å²) in [5, 5.41) is 3.52. The first-order valence-corrected chi connectivity index (χ1v) is 11.5. The number of nitrogens with one attached hydrogen (secondary N) is 1. The Balaban J connectivity index is 1.73. The molecule has 0 amide bonds. The molecule has 7 nitrogen and oxygen atoms in total. The topological polar surface area (TPSA) is 62.1 Å². The highest BCUT2D eigenvalue weighted by molar-refractivity contribution is 5.84. The molecule has 0 radical (unpaired) electrons. The highest BCUT2D eigenvalue weighted by Crippen LogP contribution is 2.26. The van der Waals surface area contributed by atoms with Gasteiger partial charge in [0.15, 0.2) is 17.0 Å². The smallest absolute Gasteiger partial charge is 0.229 e. The molecule has 0 aliphatic carbocycles. The molecule has 2 aromatic carbocycles. The second-order valence-corrected chi connectivity index (χ2v) is 8.84. The number of aromatic nitrogens is 4. The lowest BCUT2D eigenvalue weighted by molar-refractivity contribution is 0.411. The highest BCUT2D eigenvalue weighted by Gasteiger charge is 2.19. The Morgan fingerprint density at radius 3 is 2.18 bits per heavy atom. The molecular formula is C26H33N7. The van der Waals surface area contributed by atoms with Gasteiger partial charge in [-0.05, 0) is 39.1 Å². The summed E-state index contributed by atoms with van der Waals surface area (Å²) in [5.74, 6) is 1.48. The molecule has 1 N–H and O–H groups in total. The first kappa shape index (κ1) is 22.7. The largest absolute Gasteiger partial charge is 0.364 e. The number of hydrogen-bond acceptors (Lipinski definition) is 6. The third kappa shape index (κ3) is 5.68. The lowest BCUT2D eigenvalue weighted by Gasteiger charge is -2.25. The van der Waals surface area contributed by atoms with Gasteiger partial charge in [0.1, 0.15) is 0 Å². The van der Waals surface area contributed by atoms with Crippen LogP contribution in [0.15, 0.2) is 67.0 Å². The number of imidazole rings is 1. The summed E-state index contributed by atoms with van der Waals surface area (Å²) >= 11 is 0. The standard InChI is InChI=1S/C26H33N7/c1-20(2)33-19-28-23-24(27-17-21-11-7-5-8-12-21)29-26(30-25(23)33)32(16-15-31(3)4)18-22-13-9-6-10-14-22/h5-14,19-20H,15-18H2,1-4H3,(H,27,29,30). The van der Waals surface area contributed by atoms with Crippen LogP contribution in [0.3, 0.4) is 0 Å². The highest BCUT2D eigenvalue weighted by atomic mass is 15.3. The van der Waals surface area contributed by atoms with Gasteiger partial charge in [0.25, 0.3) is 0 Å². The van der Waals surface area contributed by atoms with Gasteiger partial charge in [0.2, 0.25) is 5.95 Å². The fourth-order valence-corrected chi connectivity index (χ4v) is 3.70. The summed E-state index contributed by atoms with van der Waals surface area (Å²) in [6, 6.07) is 21.1. The van der Waals surface area contributed by atoms with Crippen molar-refractivity contribution in [2.45, 2.75) is 33.0 Å². The Kier molecular flexibility index (Phi) is 7.19. The second kappa shape index (κ2) is 10.4. The van der Waals surface area contributed by atoms with Crippen molar-refractivity contribution in [1.82, 2.24) is 24.4 Å². The molecule has 4 aromatic rings. The van der Waals surface area contributed by atoms with Crippen LogP contribution >= 0.6 is 0 Å². The van der Waals surface area contributed by atoms with Gasteiger partial charge in [-0.3, -0.25) is 0 Å².